The second-order valence-electron chi connectivity index (χ2n) is 1.87. The van der Waals surface area contributed by atoms with Crippen LogP contribution in [0.1, 0.15) is 0 Å². The molecular formula is C6H6NO2S. The molecular weight excluding hydrogens is 150 g/mol. The van der Waals surface area contributed by atoms with Gasteiger partial charge in [0.2, 0.25) is 0 Å². The smallest absolute Gasteiger partial charge is 0.253 e. The Morgan fingerprint density at radius 2 is 1.80 bits per heavy atom. The maximum atomic E-state index is 10.7. The zero-order valence-corrected chi connectivity index (χ0v) is 6.06. The van der Waals surface area contributed by atoms with E-state index in [2.05, 4.69) is 12.6 Å². The first kappa shape index (κ1) is 7.34. The van der Waals surface area contributed by atoms with Crippen LogP contribution >= 0.6 is 12.6 Å². The predicted octanol–water partition coefficient (Wildman–Crippen LogP) is 0.109. The van der Waals surface area contributed by atoms with Crippen molar-refractivity contribution < 1.29 is 9.59 Å². The number of carbonyl (C=O) groups excluding carboxylic acids is 2. The van der Waals surface area contributed by atoms with Crippen molar-refractivity contribution in [2.75, 3.05) is 12.3 Å². The minimum Gasteiger partial charge on any atom is -0.275 e. The largest absolute Gasteiger partial charge is 0.275 e. The summed E-state index contributed by atoms with van der Waals surface area (Å²) in [6, 6.07) is 0. The van der Waals surface area contributed by atoms with Crippen LogP contribution in [0.4, 0.5) is 0 Å². The molecule has 0 unspecified atom stereocenters. The molecule has 0 aromatic carbocycles. The van der Waals surface area contributed by atoms with Crippen molar-refractivity contribution in [1.82, 2.24) is 4.90 Å². The summed E-state index contributed by atoms with van der Waals surface area (Å²) < 4.78 is 0. The maximum absolute atomic E-state index is 10.7. The second kappa shape index (κ2) is 2.88. The fourth-order valence-electron chi connectivity index (χ4n) is 0.743. The van der Waals surface area contributed by atoms with Gasteiger partial charge in [0.25, 0.3) is 11.8 Å². The number of hydrogen-bond acceptors (Lipinski definition) is 2. The Hall–Kier alpha value is -0.770. The number of carbonyl (C=O) groups is 2. The van der Waals surface area contributed by atoms with Crippen molar-refractivity contribution in [2.45, 2.75) is 0 Å². The molecule has 0 aliphatic carbocycles. The van der Waals surface area contributed by atoms with Crippen LogP contribution in [0, 0.1) is 0 Å². The van der Waals surface area contributed by atoms with Crippen LogP contribution < -0.4 is 0 Å². The van der Waals surface area contributed by atoms with Gasteiger partial charge in [-0.05, 0) is 0 Å². The molecule has 0 atom stereocenters. The highest BCUT2D eigenvalue weighted by Gasteiger charge is 2.21. The second-order valence-corrected chi connectivity index (χ2v) is 2.27. The standard InChI is InChI=1S/C6H6NO2S/c8-5-1-2-6(9)7(5)3-4-10/h1-2H,3-4H2. The van der Waals surface area contributed by atoms with E-state index >= 15 is 0 Å². The van der Waals surface area contributed by atoms with Crippen LogP contribution in [-0.4, -0.2) is 29.0 Å². The summed E-state index contributed by atoms with van der Waals surface area (Å²) in [5.41, 5.74) is 0. The lowest BCUT2D eigenvalue weighted by Gasteiger charge is -2.10. The van der Waals surface area contributed by atoms with Crippen molar-refractivity contribution in [3.8, 4) is 0 Å². The maximum Gasteiger partial charge on any atom is 0.253 e. The lowest BCUT2D eigenvalue weighted by atomic mass is 10.5. The lowest BCUT2D eigenvalue weighted by Crippen LogP contribution is -2.31. The fraction of sp³-hybridized carbons (Fsp3) is 0.333. The number of amides is 2. The molecule has 0 N–H and O–H groups in total. The minimum absolute atomic E-state index is 0.255. The van der Waals surface area contributed by atoms with Crippen molar-refractivity contribution in [2.24, 2.45) is 0 Å². The molecule has 4 heteroatoms. The summed E-state index contributed by atoms with van der Waals surface area (Å²) in [5, 5.41) is 0. The first-order chi connectivity index (χ1) is 4.75. The number of nitrogens with zero attached hydrogens (tertiary/aromatic N) is 1. The monoisotopic (exact) mass is 156 g/mol. The highest BCUT2D eigenvalue weighted by atomic mass is 32.1. The highest BCUT2D eigenvalue weighted by molar-refractivity contribution is 7.80. The molecule has 0 aromatic rings. The van der Waals surface area contributed by atoms with E-state index in [0.29, 0.717) is 12.3 Å². The summed E-state index contributed by atoms with van der Waals surface area (Å²) in [6.45, 7) is 0.347. The normalized spacial score (nSPS) is 17.1. The average molecular weight is 156 g/mol. The molecule has 1 heterocycles. The van der Waals surface area contributed by atoms with Crippen LogP contribution in [-0.2, 0) is 9.59 Å². The third-order valence-corrected chi connectivity index (χ3v) is 1.40. The molecule has 2 amide bonds. The van der Waals surface area contributed by atoms with Gasteiger partial charge >= 0.3 is 0 Å². The van der Waals surface area contributed by atoms with E-state index in [9.17, 15) is 9.59 Å². The Balaban J connectivity index is 2.60. The topological polar surface area (TPSA) is 37.4 Å². The number of imide groups is 1. The Kier molecular flexibility index (Phi) is 2.11. The minimum atomic E-state index is -0.255. The molecule has 0 bridgehead atoms. The third-order valence-electron chi connectivity index (χ3n) is 1.22. The van der Waals surface area contributed by atoms with E-state index in [1.54, 1.807) is 0 Å². The van der Waals surface area contributed by atoms with Gasteiger partial charge in [-0.3, -0.25) is 14.5 Å². The molecule has 10 heavy (non-hydrogen) atoms. The zero-order chi connectivity index (χ0) is 7.56. The number of rotatable bonds is 2. The summed E-state index contributed by atoms with van der Waals surface area (Å²) in [5.74, 6) is -0.108. The molecule has 0 spiro atoms. The van der Waals surface area contributed by atoms with Gasteiger partial charge < -0.3 is 0 Å². The van der Waals surface area contributed by atoms with Crippen LogP contribution in [0.15, 0.2) is 12.2 Å². The van der Waals surface area contributed by atoms with Gasteiger partial charge in [0.05, 0.1) is 0 Å². The van der Waals surface area contributed by atoms with Crippen molar-refractivity contribution in [3.05, 3.63) is 12.2 Å². The van der Waals surface area contributed by atoms with E-state index in [1.807, 2.05) is 0 Å². The van der Waals surface area contributed by atoms with E-state index in [0.717, 1.165) is 4.90 Å². The number of hydrogen-bond donors (Lipinski definition) is 0. The van der Waals surface area contributed by atoms with Gasteiger partial charge in [0.15, 0.2) is 0 Å². The quantitative estimate of drug-likeness (QED) is 0.532. The van der Waals surface area contributed by atoms with Gasteiger partial charge in [-0.25, -0.2) is 0 Å². The Morgan fingerprint density at radius 1 is 1.30 bits per heavy atom. The highest BCUT2D eigenvalue weighted by Crippen LogP contribution is 2.02. The van der Waals surface area contributed by atoms with Gasteiger partial charge in [-0.2, -0.15) is 0 Å². The first-order valence-corrected chi connectivity index (χ1v) is 3.45. The Labute approximate surface area is 64.1 Å². The predicted molar refractivity (Wildman–Crippen MR) is 38.3 cm³/mol. The van der Waals surface area contributed by atoms with Crippen molar-refractivity contribution in [1.29, 1.82) is 0 Å². The average Bonchev–Trinajstić information content (AvgIpc) is 2.20. The molecule has 0 saturated heterocycles. The molecule has 1 rings (SSSR count). The van der Waals surface area contributed by atoms with E-state index < -0.39 is 0 Å². The lowest BCUT2D eigenvalue weighted by molar-refractivity contribution is -0.136. The van der Waals surface area contributed by atoms with Gasteiger partial charge in [0, 0.05) is 24.4 Å². The molecule has 0 saturated carbocycles. The van der Waals surface area contributed by atoms with E-state index in [4.69, 9.17) is 0 Å². The molecule has 1 aliphatic rings. The van der Waals surface area contributed by atoms with E-state index in [1.165, 1.54) is 12.2 Å². The SMILES string of the molecule is O=C1C=CC(=O)N1CC[S]. The van der Waals surface area contributed by atoms with Crippen LogP contribution in [0.25, 0.3) is 0 Å². The molecule has 0 aromatic heterocycles. The first-order valence-electron chi connectivity index (χ1n) is 2.87. The van der Waals surface area contributed by atoms with Gasteiger partial charge in [0.1, 0.15) is 0 Å². The summed E-state index contributed by atoms with van der Waals surface area (Å²) in [4.78, 5) is 22.6. The molecule has 1 radical (unpaired) electrons. The van der Waals surface area contributed by atoms with Gasteiger partial charge in [-0.15, -0.1) is 0 Å². The van der Waals surface area contributed by atoms with Crippen LogP contribution in [0.3, 0.4) is 0 Å². The van der Waals surface area contributed by atoms with Crippen molar-refractivity contribution in [3.63, 3.8) is 0 Å². The Morgan fingerprint density at radius 3 is 2.20 bits per heavy atom. The summed E-state index contributed by atoms with van der Waals surface area (Å²) in [6.07, 6.45) is 2.51. The summed E-state index contributed by atoms with van der Waals surface area (Å²) >= 11 is 4.62. The molecule has 3 nitrogen and oxygen atoms in total. The molecule has 53 valence electrons. The molecule has 0 fully saturated rings. The van der Waals surface area contributed by atoms with Gasteiger partial charge in [-0.1, -0.05) is 12.6 Å². The zero-order valence-electron chi connectivity index (χ0n) is 5.24. The van der Waals surface area contributed by atoms with Crippen LogP contribution in [0.5, 0.6) is 0 Å². The Bertz CT molecular complexity index is 182. The third kappa shape index (κ3) is 1.21. The molecule has 1 aliphatic heterocycles. The van der Waals surface area contributed by atoms with Crippen molar-refractivity contribution >= 4 is 24.4 Å². The summed E-state index contributed by atoms with van der Waals surface area (Å²) in [7, 11) is 0. The van der Waals surface area contributed by atoms with E-state index in [-0.39, 0.29) is 11.8 Å². The fourth-order valence-corrected chi connectivity index (χ4v) is 0.925. The van der Waals surface area contributed by atoms with Crippen LogP contribution in [0.2, 0.25) is 0 Å².